The number of pyridine rings is 1. The molecular weight excluding hydrogens is 450 g/mol. The molecule has 0 saturated heterocycles. The Kier molecular flexibility index (Phi) is 7.02. The van der Waals surface area contributed by atoms with Gasteiger partial charge in [0.1, 0.15) is 16.1 Å². The summed E-state index contributed by atoms with van der Waals surface area (Å²) in [5, 5.41) is 5.24. The molecule has 2 aromatic carbocycles. The summed E-state index contributed by atoms with van der Waals surface area (Å²) in [6, 6.07) is 20.4. The van der Waals surface area contributed by atoms with Crippen molar-refractivity contribution in [3.05, 3.63) is 83.7 Å². The topological polar surface area (TPSA) is 100 Å². The zero-order valence-corrected chi connectivity index (χ0v) is 20.4. The number of carbonyl (C=O) groups excluding carboxylic acids is 1. The molecule has 0 spiro atoms. The van der Waals surface area contributed by atoms with Crippen molar-refractivity contribution in [2.45, 2.75) is 38.0 Å². The van der Waals surface area contributed by atoms with Crippen molar-refractivity contribution in [2.24, 2.45) is 0 Å². The number of nitrogens with zero attached hydrogens (tertiary/aromatic N) is 2. The van der Waals surface area contributed by atoms with Crippen LogP contribution in [0.25, 0.3) is 22.2 Å². The fraction of sp³-hybridized carbons (Fsp3) is 0.269. The van der Waals surface area contributed by atoms with Gasteiger partial charge in [-0.1, -0.05) is 47.6 Å². The van der Waals surface area contributed by atoms with Gasteiger partial charge in [-0.25, -0.2) is 9.78 Å². The van der Waals surface area contributed by atoms with Gasteiger partial charge >= 0.3 is 5.97 Å². The maximum absolute atomic E-state index is 13.1. The quantitative estimate of drug-likeness (QED) is 0.295. The van der Waals surface area contributed by atoms with Crippen molar-refractivity contribution in [3.8, 4) is 11.3 Å². The first-order valence-corrected chi connectivity index (χ1v) is 12.1. The zero-order valence-electron chi connectivity index (χ0n) is 19.6. The zero-order chi connectivity index (χ0) is 24.3. The molecular formula is C26H27N3O4S. The van der Waals surface area contributed by atoms with E-state index in [9.17, 15) is 9.35 Å². The Morgan fingerprint density at radius 1 is 1.09 bits per heavy atom. The predicted octanol–water partition coefficient (Wildman–Crippen LogP) is 5.01. The van der Waals surface area contributed by atoms with Gasteiger partial charge in [0.05, 0.1) is 13.2 Å². The summed E-state index contributed by atoms with van der Waals surface area (Å²) in [5.41, 5.74) is 4.10. The molecule has 2 atom stereocenters. The van der Waals surface area contributed by atoms with Crippen LogP contribution in [-0.4, -0.2) is 32.5 Å². The second kappa shape index (κ2) is 9.97. The SMILES string of the molecule is COC(=O)c1cccc(CC(N[S+]([O-])C(C)(C)C)c2ccccc2-c2noc3ccccc23)n1. The van der Waals surface area contributed by atoms with Crippen molar-refractivity contribution < 1.29 is 18.6 Å². The third-order valence-electron chi connectivity index (χ3n) is 5.39. The van der Waals surface area contributed by atoms with Crippen LogP contribution in [0.1, 0.15) is 48.6 Å². The standard InChI is InChI=1S/C26H27N3O4S/c1-26(2,3)34(31)29-22(16-17-10-9-14-21(27-17)25(30)32-4)18-11-5-6-12-19(18)24-20-13-7-8-15-23(20)33-28-24/h5-15,22,29H,16H2,1-4H3. The maximum Gasteiger partial charge on any atom is 0.356 e. The second-order valence-corrected chi connectivity index (χ2v) is 10.9. The normalized spacial score (nSPS) is 13.6. The highest BCUT2D eigenvalue weighted by Gasteiger charge is 2.31. The molecule has 176 valence electrons. The average Bonchev–Trinajstić information content (AvgIpc) is 3.26. The molecule has 4 rings (SSSR count). The van der Waals surface area contributed by atoms with Gasteiger partial charge in [0.15, 0.2) is 5.58 Å². The van der Waals surface area contributed by atoms with Crippen molar-refractivity contribution in [3.63, 3.8) is 0 Å². The second-order valence-electron chi connectivity index (χ2n) is 8.88. The molecule has 2 unspecified atom stereocenters. The fourth-order valence-electron chi connectivity index (χ4n) is 3.64. The van der Waals surface area contributed by atoms with Crippen LogP contribution in [-0.2, 0) is 22.5 Å². The molecule has 0 bridgehead atoms. The van der Waals surface area contributed by atoms with Gasteiger partial charge in [0.25, 0.3) is 0 Å². The van der Waals surface area contributed by atoms with Gasteiger partial charge in [-0.3, -0.25) is 0 Å². The van der Waals surface area contributed by atoms with Crippen molar-refractivity contribution in [2.75, 3.05) is 7.11 Å². The van der Waals surface area contributed by atoms with Crippen LogP contribution in [0, 0.1) is 0 Å². The lowest BCUT2D eigenvalue weighted by Gasteiger charge is -2.29. The lowest BCUT2D eigenvalue weighted by molar-refractivity contribution is 0.0593. The molecule has 0 aliphatic heterocycles. The summed E-state index contributed by atoms with van der Waals surface area (Å²) in [4.78, 5) is 16.5. The third-order valence-corrected chi connectivity index (χ3v) is 7.00. The van der Waals surface area contributed by atoms with Crippen LogP contribution >= 0.6 is 0 Å². The van der Waals surface area contributed by atoms with Crippen LogP contribution in [0.5, 0.6) is 0 Å². The molecule has 34 heavy (non-hydrogen) atoms. The van der Waals surface area contributed by atoms with Gasteiger partial charge < -0.3 is 13.8 Å². The van der Waals surface area contributed by atoms with E-state index in [2.05, 4.69) is 14.9 Å². The number of fused-ring (bicyclic) bond motifs is 1. The van der Waals surface area contributed by atoms with Gasteiger partial charge in [-0.2, -0.15) is 0 Å². The molecule has 2 heterocycles. The summed E-state index contributed by atoms with van der Waals surface area (Å²) in [6.07, 6.45) is 0.402. The van der Waals surface area contributed by atoms with E-state index in [-0.39, 0.29) is 11.7 Å². The number of methoxy groups -OCH3 is 1. The van der Waals surface area contributed by atoms with E-state index < -0.39 is 22.1 Å². The number of nitrogens with one attached hydrogen (secondary N) is 1. The van der Waals surface area contributed by atoms with Gasteiger partial charge in [0, 0.05) is 34.4 Å². The predicted molar refractivity (Wildman–Crippen MR) is 132 cm³/mol. The Balaban J connectivity index is 1.78. The summed E-state index contributed by atoms with van der Waals surface area (Å²) in [6.45, 7) is 5.75. The number of hydrogen-bond acceptors (Lipinski definition) is 7. The van der Waals surface area contributed by atoms with Gasteiger partial charge in [0.2, 0.25) is 0 Å². The minimum Gasteiger partial charge on any atom is -0.598 e. The Morgan fingerprint density at radius 3 is 2.59 bits per heavy atom. The molecule has 7 nitrogen and oxygen atoms in total. The summed E-state index contributed by atoms with van der Waals surface area (Å²) < 4.78 is 26.3. The van der Waals surface area contributed by atoms with Crippen molar-refractivity contribution in [1.82, 2.24) is 14.9 Å². The van der Waals surface area contributed by atoms with Crippen LogP contribution in [0.15, 0.2) is 71.3 Å². The summed E-state index contributed by atoms with van der Waals surface area (Å²) in [7, 11) is 1.33. The third kappa shape index (κ3) is 5.14. The number of para-hydroxylation sites is 1. The molecule has 2 aromatic heterocycles. The first-order valence-electron chi connectivity index (χ1n) is 10.9. The molecule has 0 amide bonds. The monoisotopic (exact) mass is 477 g/mol. The van der Waals surface area contributed by atoms with E-state index >= 15 is 0 Å². The van der Waals surface area contributed by atoms with Crippen molar-refractivity contribution >= 4 is 28.3 Å². The molecule has 0 fully saturated rings. The van der Waals surface area contributed by atoms with E-state index in [1.54, 1.807) is 12.1 Å². The number of esters is 1. The van der Waals surface area contributed by atoms with Crippen LogP contribution in [0.3, 0.4) is 0 Å². The van der Waals surface area contributed by atoms with E-state index in [1.165, 1.54) is 7.11 Å². The van der Waals surface area contributed by atoms with Crippen LogP contribution < -0.4 is 4.72 Å². The Labute approximate surface area is 201 Å². The van der Waals surface area contributed by atoms with E-state index in [4.69, 9.17) is 9.26 Å². The molecule has 8 heteroatoms. The number of carbonyl (C=O) groups is 1. The van der Waals surface area contributed by atoms with E-state index in [1.807, 2.05) is 75.4 Å². The minimum atomic E-state index is -1.35. The first-order chi connectivity index (χ1) is 16.3. The van der Waals surface area contributed by atoms with Gasteiger partial charge in [-0.15, -0.1) is 4.72 Å². The van der Waals surface area contributed by atoms with Gasteiger partial charge in [-0.05, 0) is 50.6 Å². The molecule has 0 aliphatic rings. The lowest BCUT2D eigenvalue weighted by Crippen LogP contribution is -2.42. The Morgan fingerprint density at radius 2 is 1.82 bits per heavy atom. The molecule has 1 N–H and O–H groups in total. The smallest absolute Gasteiger partial charge is 0.356 e. The summed E-state index contributed by atoms with van der Waals surface area (Å²) in [5.74, 6) is -0.501. The Hall–Kier alpha value is -3.20. The molecule has 4 aromatic rings. The van der Waals surface area contributed by atoms with E-state index in [0.29, 0.717) is 17.7 Å². The number of hydrogen-bond donors (Lipinski definition) is 1. The maximum atomic E-state index is 13.1. The highest BCUT2D eigenvalue weighted by molar-refractivity contribution is 7.90. The first kappa shape index (κ1) is 23.9. The molecule has 0 aliphatic carbocycles. The lowest BCUT2D eigenvalue weighted by atomic mass is 9.94. The van der Waals surface area contributed by atoms with Crippen LogP contribution in [0.2, 0.25) is 0 Å². The number of ether oxygens (including phenoxy) is 1. The average molecular weight is 478 g/mol. The molecule has 0 radical (unpaired) electrons. The van der Waals surface area contributed by atoms with Crippen LogP contribution in [0.4, 0.5) is 0 Å². The summed E-state index contributed by atoms with van der Waals surface area (Å²) >= 11 is -1.35. The number of rotatable bonds is 7. The largest absolute Gasteiger partial charge is 0.598 e. The number of aromatic nitrogens is 2. The minimum absolute atomic E-state index is 0.228. The fourth-order valence-corrected chi connectivity index (χ4v) is 4.46. The highest BCUT2D eigenvalue weighted by Crippen LogP contribution is 2.35. The number of benzene rings is 2. The molecule has 0 saturated carbocycles. The Bertz CT molecular complexity index is 1300. The van der Waals surface area contributed by atoms with E-state index in [0.717, 1.165) is 22.2 Å². The highest BCUT2D eigenvalue weighted by atomic mass is 32.2. The van der Waals surface area contributed by atoms with Crippen molar-refractivity contribution in [1.29, 1.82) is 0 Å².